The maximum atomic E-state index is 10.2. The molecule has 0 bridgehead atoms. The van der Waals surface area contributed by atoms with Gasteiger partial charge in [0, 0.05) is 0 Å². The van der Waals surface area contributed by atoms with Gasteiger partial charge in [-0.3, -0.25) is 4.57 Å². The monoisotopic (exact) mass is 296 g/mol. The summed E-state index contributed by atoms with van der Waals surface area (Å²) in [5.74, 6) is 0.849. The molecule has 0 unspecified atom stereocenters. The number of hydrogen-bond donors (Lipinski definition) is 2. The molecular formula is C12H16N4O3S. The highest BCUT2D eigenvalue weighted by molar-refractivity contribution is 7.99. The number of aliphatic hydroxyl groups is 2. The molecule has 20 heavy (non-hydrogen) atoms. The molecule has 0 spiro atoms. The number of thioether (sulfide) groups is 1. The van der Waals surface area contributed by atoms with Crippen LogP contribution in [0.4, 0.5) is 0 Å². The van der Waals surface area contributed by atoms with Crippen LogP contribution in [0.25, 0.3) is 11.2 Å². The highest BCUT2D eigenvalue weighted by atomic mass is 32.2. The predicted molar refractivity (Wildman–Crippen MR) is 74.2 cm³/mol. The van der Waals surface area contributed by atoms with Crippen molar-refractivity contribution in [3.05, 3.63) is 18.9 Å². The lowest BCUT2D eigenvalue weighted by molar-refractivity contribution is -0.0430. The van der Waals surface area contributed by atoms with Crippen LogP contribution < -0.4 is 0 Å². The maximum absolute atomic E-state index is 10.2. The summed E-state index contributed by atoms with van der Waals surface area (Å²) in [5, 5.41) is 19.4. The van der Waals surface area contributed by atoms with E-state index >= 15 is 0 Å². The SMILES string of the molecule is CCS[C@H]1[C@H](O)[C@H](CO)O[C@@H]1n1cnc2cncnc21. The van der Waals surface area contributed by atoms with E-state index in [4.69, 9.17) is 4.74 Å². The van der Waals surface area contributed by atoms with Gasteiger partial charge in [0.25, 0.3) is 0 Å². The molecule has 0 aliphatic carbocycles. The first-order valence-electron chi connectivity index (χ1n) is 6.44. The highest BCUT2D eigenvalue weighted by Crippen LogP contribution is 2.38. The van der Waals surface area contributed by atoms with Gasteiger partial charge >= 0.3 is 0 Å². The van der Waals surface area contributed by atoms with Gasteiger partial charge in [0.05, 0.1) is 30.5 Å². The lowest BCUT2D eigenvalue weighted by Gasteiger charge is -2.20. The van der Waals surface area contributed by atoms with Gasteiger partial charge < -0.3 is 14.9 Å². The van der Waals surface area contributed by atoms with Crippen LogP contribution in [-0.2, 0) is 4.74 Å². The normalized spacial score (nSPS) is 30.1. The Bertz CT molecular complexity index is 593. The Labute approximate surface area is 120 Å². The number of aliphatic hydroxyl groups excluding tert-OH is 2. The number of hydrogen-bond acceptors (Lipinski definition) is 7. The molecule has 1 saturated heterocycles. The molecule has 0 radical (unpaired) electrons. The summed E-state index contributed by atoms with van der Waals surface area (Å²) in [5.41, 5.74) is 1.34. The number of imidazole rings is 1. The van der Waals surface area contributed by atoms with E-state index < -0.39 is 18.4 Å². The lowest BCUT2D eigenvalue weighted by atomic mass is 10.2. The van der Waals surface area contributed by atoms with Crippen molar-refractivity contribution in [2.45, 2.75) is 30.6 Å². The van der Waals surface area contributed by atoms with E-state index in [0.717, 1.165) is 5.75 Å². The van der Waals surface area contributed by atoms with Crippen molar-refractivity contribution in [3.63, 3.8) is 0 Å². The smallest absolute Gasteiger partial charge is 0.165 e. The Balaban J connectivity index is 1.98. The Morgan fingerprint density at radius 1 is 1.45 bits per heavy atom. The highest BCUT2D eigenvalue weighted by Gasteiger charge is 2.44. The molecule has 3 rings (SSSR count). The third-order valence-corrected chi connectivity index (χ3v) is 4.59. The van der Waals surface area contributed by atoms with E-state index in [1.54, 1.807) is 28.9 Å². The zero-order valence-corrected chi connectivity index (χ0v) is 11.8. The maximum Gasteiger partial charge on any atom is 0.165 e. The zero-order valence-electron chi connectivity index (χ0n) is 11.0. The van der Waals surface area contributed by atoms with Crippen LogP contribution in [-0.4, -0.2) is 59.5 Å². The number of ether oxygens (including phenoxy) is 1. The molecule has 7 nitrogen and oxygen atoms in total. The fourth-order valence-corrected chi connectivity index (χ4v) is 3.55. The van der Waals surface area contributed by atoms with E-state index in [-0.39, 0.29) is 11.9 Å². The Kier molecular flexibility index (Phi) is 3.88. The molecule has 0 amide bonds. The average molecular weight is 296 g/mol. The summed E-state index contributed by atoms with van der Waals surface area (Å²) < 4.78 is 7.58. The summed E-state index contributed by atoms with van der Waals surface area (Å²) in [7, 11) is 0. The molecule has 2 N–H and O–H groups in total. The van der Waals surface area contributed by atoms with Crippen LogP contribution in [0.2, 0.25) is 0 Å². The summed E-state index contributed by atoms with van der Waals surface area (Å²) in [6.07, 6.45) is 3.04. The van der Waals surface area contributed by atoms with Crippen LogP contribution in [0.5, 0.6) is 0 Å². The fraction of sp³-hybridized carbons (Fsp3) is 0.583. The number of aromatic nitrogens is 4. The van der Waals surface area contributed by atoms with Crippen molar-refractivity contribution in [2.75, 3.05) is 12.4 Å². The van der Waals surface area contributed by atoms with Crippen LogP contribution in [0.15, 0.2) is 18.9 Å². The van der Waals surface area contributed by atoms with E-state index in [1.165, 1.54) is 6.33 Å². The minimum atomic E-state index is -0.714. The Morgan fingerprint density at radius 3 is 3.05 bits per heavy atom. The molecule has 2 aromatic rings. The van der Waals surface area contributed by atoms with Crippen molar-refractivity contribution in [1.29, 1.82) is 0 Å². The van der Waals surface area contributed by atoms with E-state index in [0.29, 0.717) is 11.2 Å². The van der Waals surface area contributed by atoms with Gasteiger partial charge in [-0.25, -0.2) is 15.0 Å². The third-order valence-electron chi connectivity index (χ3n) is 3.36. The van der Waals surface area contributed by atoms with Gasteiger partial charge in [-0.1, -0.05) is 6.92 Å². The first kappa shape index (κ1) is 13.7. The van der Waals surface area contributed by atoms with Gasteiger partial charge in [0.15, 0.2) is 11.9 Å². The summed E-state index contributed by atoms with van der Waals surface area (Å²) in [6, 6.07) is 0. The van der Waals surface area contributed by atoms with Gasteiger partial charge in [-0.05, 0) is 5.75 Å². The molecule has 8 heteroatoms. The summed E-state index contributed by atoms with van der Waals surface area (Å²) >= 11 is 1.60. The molecule has 3 heterocycles. The minimum Gasteiger partial charge on any atom is -0.394 e. The minimum absolute atomic E-state index is 0.162. The van der Waals surface area contributed by atoms with Crippen molar-refractivity contribution in [1.82, 2.24) is 19.5 Å². The second-order valence-electron chi connectivity index (χ2n) is 4.54. The number of rotatable bonds is 4. The summed E-state index contributed by atoms with van der Waals surface area (Å²) in [4.78, 5) is 12.4. The Hall–Kier alpha value is -1.22. The van der Waals surface area contributed by atoms with Crippen molar-refractivity contribution >= 4 is 22.9 Å². The standard InChI is InChI=1S/C12H16N4O3S/c1-2-20-10-9(18)8(4-17)19-12(10)16-6-15-7-3-13-5-14-11(7)16/h3,5-6,8-10,12,17-18H,2,4H2,1H3/t8-,9+,10-,12-/m0/s1. The first-order chi connectivity index (χ1) is 9.76. The second-order valence-corrected chi connectivity index (χ2v) is 6.00. The van der Waals surface area contributed by atoms with Gasteiger partial charge in [-0.2, -0.15) is 11.8 Å². The van der Waals surface area contributed by atoms with Crippen molar-refractivity contribution < 1.29 is 14.9 Å². The molecule has 0 saturated carbocycles. The average Bonchev–Trinajstić information content (AvgIpc) is 3.02. The van der Waals surface area contributed by atoms with E-state index in [2.05, 4.69) is 15.0 Å². The molecular weight excluding hydrogens is 280 g/mol. The zero-order chi connectivity index (χ0) is 14.1. The molecule has 0 aromatic carbocycles. The molecule has 2 aromatic heterocycles. The number of nitrogens with zero attached hydrogens (tertiary/aromatic N) is 4. The lowest BCUT2D eigenvalue weighted by Crippen LogP contribution is -2.31. The van der Waals surface area contributed by atoms with Crippen LogP contribution >= 0.6 is 11.8 Å². The van der Waals surface area contributed by atoms with Crippen molar-refractivity contribution in [3.8, 4) is 0 Å². The largest absolute Gasteiger partial charge is 0.394 e. The van der Waals surface area contributed by atoms with Crippen LogP contribution in [0.1, 0.15) is 13.2 Å². The fourth-order valence-electron chi connectivity index (χ4n) is 2.44. The number of fused-ring (bicyclic) bond motifs is 1. The molecule has 1 aliphatic heterocycles. The molecule has 108 valence electrons. The van der Waals surface area contributed by atoms with Crippen LogP contribution in [0, 0.1) is 0 Å². The predicted octanol–water partition coefficient (Wildman–Crippen LogP) is 0.199. The quantitative estimate of drug-likeness (QED) is 0.832. The molecule has 1 fully saturated rings. The summed E-state index contributed by atoms with van der Waals surface area (Å²) in [6.45, 7) is 1.81. The molecule has 1 aliphatic rings. The second kappa shape index (κ2) is 5.65. The van der Waals surface area contributed by atoms with Crippen LogP contribution in [0.3, 0.4) is 0 Å². The van der Waals surface area contributed by atoms with Gasteiger partial charge in [0.1, 0.15) is 17.9 Å². The first-order valence-corrected chi connectivity index (χ1v) is 7.49. The molecule has 4 atom stereocenters. The van der Waals surface area contributed by atoms with Crippen molar-refractivity contribution in [2.24, 2.45) is 0 Å². The third kappa shape index (κ3) is 2.18. The Morgan fingerprint density at radius 2 is 2.30 bits per heavy atom. The van der Waals surface area contributed by atoms with E-state index in [9.17, 15) is 10.2 Å². The topological polar surface area (TPSA) is 93.3 Å². The van der Waals surface area contributed by atoms with Gasteiger partial charge in [-0.15, -0.1) is 0 Å². The van der Waals surface area contributed by atoms with Gasteiger partial charge in [0.2, 0.25) is 0 Å². The van der Waals surface area contributed by atoms with E-state index in [1.807, 2.05) is 6.92 Å².